The van der Waals surface area contributed by atoms with E-state index in [4.69, 9.17) is 32.3 Å². The third-order valence-corrected chi connectivity index (χ3v) is 19.9. The van der Waals surface area contributed by atoms with Gasteiger partial charge in [0.2, 0.25) is 0 Å². The van der Waals surface area contributed by atoms with Crippen molar-refractivity contribution in [3.8, 4) is 0 Å². The first-order valence-electron chi connectivity index (χ1n) is 43.1. The highest BCUT2D eigenvalue weighted by Gasteiger charge is 2.29. The number of hydrogen-bond acceptors (Lipinski definition) is 14. The van der Waals surface area contributed by atoms with E-state index in [1.54, 1.807) is 0 Å². The van der Waals surface area contributed by atoms with Crippen LogP contribution < -0.4 is 0 Å². The van der Waals surface area contributed by atoms with E-state index in [-0.39, 0.29) is 19.3 Å². The average molecular weight is 1570 g/mol. The fraction of sp³-hybridized carbons (Fsp3) is 0.703. The number of allylic oxidation sites excluding steroid dienone is 24. The van der Waals surface area contributed by atoms with Gasteiger partial charge in [0.15, 0.2) is 6.10 Å². The number of esters is 3. The van der Waals surface area contributed by atoms with Gasteiger partial charge in [0.25, 0.3) is 0 Å². The van der Waals surface area contributed by atoms with Crippen molar-refractivity contribution in [3.05, 3.63) is 146 Å². The molecular weight excluding hydrogens is 1410 g/mol. The van der Waals surface area contributed by atoms with E-state index in [0.717, 1.165) is 173 Å². The van der Waals surface area contributed by atoms with Crippen LogP contribution >= 0.6 is 15.6 Å². The Morgan fingerprint density at radius 2 is 0.486 bits per heavy atom. The first-order chi connectivity index (χ1) is 53.2. The minimum atomic E-state index is -4.94. The minimum Gasteiger partial charge on any atom is -0.463 e. The van der Waals surface area contributed by atoms with E-state index >= 15 is 0 Å². The summed E-state index contributed by atoms with van der Waals surface area (Å²) >= 11 is 0. The summed E-state index contributed by atoms with van der Waals surface area (Å²) in [7, 11) is -9.80. The molecule has 0 bridgehead atoms. The summed E-state index contributed by atoms with van der Waals surface area (Å²) in [6.45, 7) is 2.45. The number of aliphatic hydroxyl groups is 2. The second-order valence-electron chi connectivity index (χ2n) is 28.6. The second kappa shape index (κ2) is 82.9. The number of hydrogen-bond donors (Lipinski definition) is 4. The Morgan fingerprint density at radius 3 is 0.771 bits per heavy atom. The van der Waals surface area contributed by atoms with Gasteiger partial charge in [-0.15, -0.1) is 0 Å². The zero-order chi connectivity index (χ0) is 79.4. The maximum Gasteiger partial charge on any atom is 0.472 e. The van der Waals surface area contributed by atoms with Gasteiger partial charge in [-0.2, -0.15) is 0 Å². The van der Waals surface area contributed by atoms with E-state index in [9.17, 15) is 43.5 Å². The van der Waals surface area contributed by atoms with Gasteiger partial charge >= 0.3 is 33.6 Å². The first-order valence-corrected chi connectivity index (χ1v) is 46.1. The molecule has 0 amide bonds. The highest BCUT2D eigenvalue weighted by atomic mass is 31.2. The minimum absolute atomic E-state index is 0.0898. The Balaban J connectivity index is 4.56. The molecule has 5 unspecified atom stereocenters. The fourth-order valence-electron chi connectivity index (χ4n) is 11.5. The molecule has 5 atom stereocenters. The maximum atomic E-state index is 13.0. The predicted octanol–water partition coefficient (Wildman–Crippen LogP) is 26.0. The van der Waals surface area contributed by atoms with Gasteiger partial charge in [0.05, 0.1) is 26.4 Å². The Kier molecular flexibility index (Phi) is 79.4. The number of unbranched alkanes of at least 4 members (excludes halogenated alkanes) is 34. The number of carbonyl (C=O) groups excluding carboxylic acids is 3. The van der Waals surface area contributed by atoms with Gasteiger partial charge in [0, 0.05) is 19.3 Å². The number of phosphoric acid groups is 2. The molecule has 16 nitrogen and oxygen atoms in total. The highest BCUT2D eigenvalue weighted by Crippen LogP contribution is 2.45. The van der Waals surface area contributed by atoms with Crippen molar-refractivity contribution in [3.63, 3.8) is 0 Å². The summed E-state index contributed by atoms with van der Waals surface area (Å²) in [6.07, 6.45) is 103. The summed E-state index contributed by atoms with van der Waals surface area (Å²) in [5, 5.41) is 20.7. The first kappa shape index (κ1) is 104. The van der Waals surface area contributed by atoms with Crippen LogP contribution in [0.4, 0.5) is 0 Å². The largest absolute Gasteiger partial charge is 0.472 e. The summed E-state index contributed by atoms with van der Waals surface area (Å²) in [5.41, 5.74) is 0. The molecule has 0 heterocycles. The summed E-state index contributed by atoms with van der Waals surface area (Å²) in [4.78, 5) is 58.9. The van der Waals surface area contributed by atoms with Gasteiger partial charge in [-0.1, -0.05) is 340 Å². The van der Waals surface area contributed by atoms with E-state index < -0.39 is 91.5 Å². The van der Waals surface area contributed by atoms with Crippen molar-refractivity contribution in [1.29, 1.82) is 0 Å². The van der Waals surface area contributed by atoms with Crippen LogP contribution in [0.3, 0.4) is 0 Å². The van der Waals surface area contributed by atoms with Crippen molar-refractivity contribution in [2.45, 2.75) is 373 Å². The van der Waals surface area contributed by atoms with E-state index in [0.29, 0.717) is 19.3 Å². The SMILES string of the molecule is CC/C=C\C/C=C\C/C=C\C/C=C\C/C=C\CCCCCCCCCCCCCC(=O)OCC(COP(=O)(O)OCC(O)COP(=O)(O)OCC(O)COC(=O)CCCCCCCCCCCCCCC/C=C\C/C=C\C/C=C\C/C=C\CCCCC)OC(=O)CCCCCCCCC/C=C\C/C=C\C/C=C\CC. The monoisotopic (exact) mass is 1570 g/mol. The van der Waals surface area contributed by atoms with Gasteiger partial charge in [-0.3, -0.25) is 32.5 Å². The number of phosphoric ester groups is 2. The highest BCUT2D eigenvalue weighted by molar-refractivity contribution is 7.47. The predicted molar refractivity (Wildman–Crippen MR) is 454 cm³/mol. The number of carbonyl (C=O) groups is 3. The van der Waals surface area contributed by atoms with E-state index in [2.05, 4.69) is 167 Å². The molecule has 0 aromatic carbocycles. The molecule has 109 heavy (non-hydrogen) atoms. The van der Waals surface area contributed by atoms with Crippen molar-refractivity contribution >= 4 is 33.6 Å². The van der Waals surface area contributed by atoms with Crippen molar-refractivity contribution < 1.29 is 75.8 Å². The van der Waals surface area contributed by atoms with Crippen LogP contribution in [0, 0.1) is 0 Å². The fourth-order valence-corrected chi connectivity index (χ4v) is 13.1. The molecule has 0 fully saturated rings. The van der Waals surface area contributed by atoms with Crippen molar-refractivity contribution in [1.82, 2.24) is 0 Å². The molecule has 0 saturated carbocycles. The second-order valence-corrected chi connectivity index (χ2v) is 31.5. The number of ether oxygens (including phenoxy) is 3. The topological polar surface area (TPSA) is 231 Å². The lowest BCUT2D eigenvalue weighted by atomic mass is 10.0. The molecule has 0 rings (SSSR count). The molecule has 0 aliphatic carbocycles. The Morgan fingerprint density at radius 1 is 0.266 bits per heavy atom. The van der Waals surface area contributed by atoms with Gasteiger partial charge < -0.3 is 34.2 Å². The molecule has 0 aliphatic heterocycles. The van der Waals surface area contributed by atoms with Gasteiger partial charge in [-0.25, -0.2) is 9.13 Å². The van der Waals surface area contributed by atoms with E-state index in [1.807, 2.05) is 0 Å². The zero-order valence-corrected chi connectivity index (χ0v) is 70.5. The number of rotatable bonds is 81. The van der Waals surface area contributed by atoms with Crippen LogP contribution in [0.25, 0.3) is 0 Å². The third-order valence-electron chi connectivity index (χ3n) is 18.0. The normalized spacial score (nSPS) is 14.6. The maximum absolute atomic E-state index is 13.0. The molecule has 0 aromatic heterocycles. The van der Waals surface area contributed by atoms with Gasteiger partial charge in [-0.05, 0) is 141 Å². The van der Waals surface area contributed by atoms with Crippen molar-refractivity contribution in [2.24, 2.45) is 0 Å². The van der Waals surface area contributed by atoms with Gasteiger partial charge in [0.1, 0.15) is 25.4 Å². The Labute approximate surface area is 664 Å². The molecule has 626 valence electrons. The molecular formula is C91H156O16P2. The van der Waals surface area contributed by atoms with Crippen LogP contribution in [-0.2, 0) is 55.8 Å². The van der Waals surface area contributed by atoms with E-state index in [1.165, 1.54) is 122 Å². The van der Waals surface area contributed by atoms with Crippen molar-refractivity contribution in [2.75, 3.05) is 39.6 Å². The summed E-state index contributed by atoms with van der Waals surface area (Å²) < 4.78 is 61.3. The molecule has 0 aliphatic rings. The Bertz CT molecular complexity index is 2560. The van der Waals surface area contributed by atoms with Crippen LogP contribution in [0.5, 0.6) is 0 Å². The lowest BCUT2D eigenvalue weighted by Gasteiger charge is -2.21. The Hall–Kier alpha value is -4.57. The lowest BCUT2D eigenvalue weighted by molar-refractivity contribution is -0.161. The smallest absolute Gasteiger partial charge is 0.463 e. The molecule has 0 aromatic rings. The summed E-state index contributed by atoms with van der Waals surface area (Å²) in [6, 6.07) is 0. The van der Waals surface area contributed by atoms with Crippen LogP contribution in [0.1, 0.15) is 355 Å². The third kappa shape index (κ3) is 84.2. The van der Waals surface area contributed by atoms with Crippen LogP contribution in [0.2, 0.25) is 0 Å². The molecule has 4 N–H and O–H groups in total. The van der Waals surface area contributed by atoms with Crippen LogP contribution in [0.15, 0.2) is 146 Å². The molecule has 0 radical (unpaired) electrons. The quantitative estimate of drug-likeness (QED) is 0.0146. The lowest BCUT2D eigenvalue weighted by Crippen LogP contribution is -2.30. The molecule has 18 heteroatoms. The summed E-state index contributed by atoms with van der Waals surface area (Å²) in [5.74, 6) is -1.58. The average Bonchev–Trinajstić information content (AvgIpc) is 0.960. The molecule has 0 saturated heterocycles. The number of aliphatic hydroxyl groups excluding tert-OH is 2. The standard InChI is InChI=1S/C91H156O16P2/c1-4-7-10-13-16-19-22-25-28-31-33-35-37-39-41-42-44-46-47-49-51-54-56-59-62-65-68-71-74-77-89(94)101-80-86(92)81-103-108(97,98)104-82-87(93)83-105-109(99,100)106-85-88(107-91(96)79-76-73-70-67-64-61-58-53-30-27-24-21-18-15-12-9-6-3)84-102-90(95)78-75-72-69-66-63-60-57-55-52-50-48-45-43-40-38-36-34-32-29-26-23-20-17-14-11-8-5-2/h8-9,11-12,16-21,25-30,33-36,39-41,43,86-88,92-93H,4-7,10,13-15,22-24,31-32,37-38,42,44-85H2,1-3H3,(H,97,98)(H,99,100)/b11-8-,12-9-,19-16-,20-17-,21-18-,28-25-,29-26-,30-27-,35-33-,36-34-,41-39-,43-40-. The van der Waals surface area contributed by atoms with Crippen LogP contribution in [-0.4, -0.2) is 95.9 Å². The molecule has 0 spiro atoms. The zero-order valence-electron chi connectivity index (χ0n) is 68.7.